The van der Waals surface area contributed by atoms with E-state index >= 15 is 0 Å². The monoisotopic (exact) mass is 342 g/mol. The molecule has 0 heterocycles. The minimum absolute atomic E-state index is 0.373. The Balaban J connectivity index is 2.42. The number of nitrogens with zero attached hydrogens (tertiary/aromatic N) is 2. The van der Waals surface area contributed by atoms with Gasteiger partial charge in [0.05, 0.1) is 6.10 Å². The fraction of sp³-hybridized carbons (Fsp3) is 0.625. The van der Waals surface area contributed by atoms with E-state index in [0.717, 1.165) is 49.1 Å². The number of aliphatic hydroxyl groups excluding tert-OH is 1. The molecule has 1 aromatic carbocycles. The fourth-order valence-electron chi connectivity index (χ4n) is 2.15. The van der Waals surface area contributed by atoms with Gasteiger partial charge in [0, 0.05) is 24.1 Å². The first-order chi connectivity index (χ1) is 9.52. The number of benzene rings is 1. The second kappa shape index (κ2) is 9.50. The number of hydrogen-bond donors (Lipinski definition) is 1. The van der Waals surface area contributed by atoms with Crippen molar-refractivity contribution < 1.29 is 5.11 Å². The molecule has 1 atom stereocenters. The average molecular weight is 343 g/mol. The number of rotatable bonds is 9. The highest BCUT2D eigenvalue weighted by atomic mass is 79.9. The van der Waals surface area contributed by atoms with Crippen molar-refractivity contribution in [3.8, 4) is 0 Å². The average Bonchev–Trinajstić information content (AvgIpc) is 2.42. The number of aliphatic hydroxyl groups is 1. The highest BCUT2D eigenvalue weighted by Crippen LogP contribution is 2.19. The van der Waals surface area contributed by atoms with Crippen LogP contribution in [0.3, 0.4) is 0 Å². The van der Waals surface area contributed by atoms with Crippen molar-refractivity contribution >= 4 is 15.9 Å². The normalized spacial score (nSPS) is 13.2. The Kier molecular flexibility index (Phi) is 8.38. The highest BCUT2D eigenvalue weighted by Gasteiger charge is 2.11. The lowest BCUT2D eigenvalue weighted by atomic mass is 10.1. The first-order valence-electron chi connectivity index (χ1n) is 7.33. The molecule has 0 aliphatic rings. The van der Waals surface area contributed by atoms with Gasteiger partial charge in [0.2, 0.25) is 0 Å². The molecule has 0 fully saturated rings. The van der Waals surface area contributed by atoms with Crippen molar-refractivity contribution in [2.24, 2.45) is 0 Å². The first kappa shape index (κ1) is 17.6. The maximum Gasteiger partial charge on any atom is 0.0802 e. The van der Waals surface area contributed by atoms with Crippen molar-refractivity contribution in [2.45, 2.75) is 25.9 Å². The molecule has 114 valence electrons. The molecule has 3 nitrogen and oxygen atoms in total. The lowest BCUT2D eigenvalue weighted by Gasteiger charge is -2.24. The molecule has 1 unspecified atom stereocenters. The van der Waals surface area contributed by atoms with Gasteiger partial charge < -0.3 is 14.9 Å². The first-order valence-corrected chi connectivity index (χ1v) is 8.12. The largest absolute Gasteiger partial charge is 0.388 e. The van der Waals surface area contributed by atoms with Gasteiger partial charge in [-0.25, -0.2) is 0 Å². The van der Waals surface area contributed by atoms with Crippen LogP contribution in [0.5, 0.6) is 0 Å². The molecule has 4 heteroatoms. The Labute approximate surface area is 131 Å². The molecular formula is C16H27BrN2O. The van der Waals surface area contributed by atoms with Crippen LogP contribution in [0.2, 0.25) is 0 Å². The van der Waals surface area contributed by atoms with Gasteiger partial charge in [-0.15, -0.1) is 0 Å². The van der Waals surface area contributed by atoms with Gasteiger partial charge in [-0.3, -0.25) is 0 Å². The molecule has 1 rings (SSSR count). The molecule has 0 saturated heterocycles. The standard InChI is InChI=1S/C16H27BrN2O/c1-4-10-19(13-12-18(2)3)11-9-16(20)14-5-7-15(17)8-6-14/h5-8,16,20H,4,9-13H2,1-3H3. The molecule has 0 aliphatic carbocycles. The minimum atomic E-state index is -0.373. The third-order valence-electron chi connectivity index (χ3n) is 3.38. The van der Waals surface area contributed by atoms with Crippen molar-refractivity contribution in [1.29, 1.82) is 0 Å². The highest BCUT2D eigenvalue weighted by molar-refractivity contribution is 9.10. The smallest absolute Gasteiger partial charge is 0.0802 e. The zero-order valence-corrected chi connectivity index (χ0v) is 14.4. The van der Waals surface area contributed by atoms with Crippen molar-refractivity contribution in [1.82, 2.24) is 9.80 Å². The summed E-state index contributed by atoms with van der Waals surface area (Å²) in [5.74, 6) is 0. The molecule has 0 amide bonds. The Hall–Kier alpha value is -0.420. The Morgan fingerprint density at radius 1 is 1.05 bits per heavy atom. The summed E-state index contributed by atoms with van der Waals surface area (Å²) in [5.41, 5.74) is 0.997. The molecule has 0 aromatic heterocycles. The summed E-state index contributed by atoms with van der Waals surface area (Å²) in [6.45, 7) is 6.37. The van der Waals surface area contributed by atoms with Gasteiger partial charge >= 0.3 is 0 Å². The van der Waals surface area contributed by atoms with Crippen LogP contribution >= 0.6 is 15.9 Å². The number of halogens is 1. The maximum atomic E-state index is 10.3. The maximum absolute atomic E-state index is 10.3. The summed E-state index contributed by atoms with van der Waals surface area (Å²) in [4.78, 5) is 4.63. The van der Waals surface area contributed by atoms with E-state index in [1.165, 1.54) is 0 Å². The molecule has 0 saturated carbocycles. The van der Waals surface area contributed by atoms with Crippen LogP contribution in [0.4, 0.5) is 0 Å². The predicted molar refractivity (Wildman–Crippen MR) is 89.0 cm³/mol. The molecular weight excluding hydrogens is 316 g/mol. The van der Waals surface area contributed by atoms with Gasteiger partial charge in [0.1, 0.15) is 0 Å². The summed E-state index contributed by atoms with van der Waals surface area (Å²) in [5, 5.41) is 10.3. The van der Waals surface area contributed by atoms with Crippen LogP contribution in [0.25, 0.3) is 0 Å². The summed E-state index contributed by atoms with van der Waals surface area (Å²) in [6, 6.07) is 7.93. The zero-order valence-electron chi connectivity index (χ0n) is 12.8. The van der Waals surface area contributed by atoms with E-state index < -0.39 is 0 Å². The molecule has 1 aromatic rings. The third-order valence-corrected chi connectivity index (χ3v) is 3.91. The van der Waals surface area contributed by atoms with E-state index in [1.54, 1.807) is 0 Å². The predicted octanol–water partition coefficient (Wildman–Crippen LogP) is 3.15. The van der Waals surface area contributed by atoms with E-state index in [1.807, 2.05) is 24.3 Å². The van der Waals surface area contributed by atoms with Gasteiger partial charge in [-0.2, -0.15) is 0 Å². The molecule has 0 radical (unpaired) electrons. The van der Waals surface area contributed by atoms with E-state index in [4.69, 9.17) is 0 Å². The summed E-state index contributed by atoms with van der Waals surface area (Å²) in [6.07, 6.45) is 1.57. The van der Waals surface area contributed by atoms with Crippen LogP contribution in [0.15, 0.2) is 28.7 Å². The van der Waals surface area contributed by atoms with Crippen LogP contribution in [0, 0.1) is 0 Å². The molecule has 1 N–H and O–H groups in total. The van der Waals surface area contributed by atoms with Crippen molar-refractivity contribution in [2.75, 3.05) is 40.3 Å². The van der Waals surface area contributed by atoms with Crippen molar-refractivity contribution in [3.63, 3.8) is 0 Å². The van der Waals surface area contributed by atoms with Crippen LogP contribution in [-0.4, -0.2) is 55.2 Å². The Bertz CT molecular complexity index is 367. The summed E-state index contributed by atoms with van der Waals surface area (Å²) < 4.78 is 1.05. The lowest BCUT2D eigenvalue weighted by molar-refractivity contribution is 0.138. The fourth-order valence-corrected chi connectivity index (χ4v) is 2.41. The van der Waals surface area contributed by atoms with E-state index in [2.05, 4.69) is 46.7 Å². The molecule has 0 aliphatic heterocycles. The number of likely N-dealkylation sites (N-methyl/N-ethyl adjacent to an activating group) is 1. The van der Waals surface area contributed by atoms with Gasteiger partial charge in [0.15, 0.2) is 0 Å². The SMILES string of the molecule is CCCN(CCC(O)c1ccc(Br)cc1)CCN(C)C. The summed E-state index contributed by atoms with van der Waals surface area (Å²) >= 11 is 3.42. The van der Waals surface area contributed by atoms with Gasteiger partial charge in [0.25, 0.3) is 0 Å². The Morgan fingerprint density at radius 2 is 1.70 bits per heavy atom. The summed E-state index contributed by atoms with van der Waals surface area (Å²) in [7, 11) is 4.20. The third kappa shape index (κ3) is 6.84. The van der Waals surface area contributed by atoms with E-state index in [9.17, 15) is 5.11 Å². The molecule has 0 bridgehead atoms. The second-order valence-electron chi connectivity index (χ2n) is 5.50. The zero-order chi connectivity index (χ0) is 15.0. The van der Waals surface area contributed by atoms with E-state index in [0.29, 0.717) is 0 Å². The van der Waals surface area contributed by atoms with Crippen molar-refractivity contribution in [3.05, 3.63) is 34.3 Å². The van der Waals surface area contributed by atoms with Crippen LogP contribution in [-0.2, 0) is 0 Å². The van der Waals surface area contributed by atoms with E-state index in [-0.39, 0.29) is 6.10 Å². The lowest BCUT2D eigenvalue weighted by Crippen LogP contribution is -2.33. The van der Waals surface area contributed by atoms with Crippen LogP contribution in [0.1, 0.15) is 31.4 Å². The second-order valence-corrected chi connectivity index (χ2v) is 6.42. The minimum Gasteiger partial charge on any atom is -0.388 e. The molecule has 0 spiro atoms. The van der Waals surface area contributed by atoms with Gasteiger partial charge in [-0.05, 0) is 51.2 Å². The Morgan fingerprint density at radius 3 is 2.25 bits per heavy atom. The van der Waals surface area contributed by atoms with Crippen LogP contribution < -0.4 is 0 Å². The van der Waals surface area contributed by atoms with Gasteiger partial charge in [-0.1, -0.05) is 35.0 Å². The quantitative estimate of drug-likeness (QED) is 0.746. The molecule has 20 heavy (non-hydrogen) atoms. The topological polar surface area (TPSA) is 26.7 Å². The number of hydrogen-bond acceptors (Lipinski definition) is 3.